The first-order chi connectivity index (χ1) is 17.3. The van der Waals surface area contributed by atoms with Crippen molar-refractivity contribution >= 4 is 28.7 Å². The van der Waals surface area contributed by atoms with Gasteiger partial charge in [-0.3, -0.25) is 4.90 Å². The molecule has 3 heterocycles. The van der Waals surface area contributed by atoms with Crippen molar-refractivity contribution in [3.05, 3.63) is 65.5 Å². The molecule has 3 aromatic rings. The minimum atomic E-state index is -0.680. The minimum absolute atomic E-state index is 0.241. The number of nitrogens with one attached hydrogen (secondary N) is 1. The number of rotatable bonds is 5. The maximum atomic E-state index is 13.3. The van der Waals surface area contributed by atoms with Crippen LogP contribution in [0.15, 0.2) is 48.7 Å². The molecule has 0 saturated carbocycles. The molecule has 0 atom stereocenters. The van der Waals surface area contributed by atoms with E-state index in [1.807, 2.05) is 77.1 Å². The van der Waals surface area contributed by atoms with Crippen molar-refractivity contribution in [2.24, 2.45) is 0 Å². The van der Waals surface area contributed by atoms with Crippen LogP contribution in [0, 0.1) is 0 Å². The van der Waals surface area contributed by atoms with Gasteiger partial charge in [-0.25, -0.2) is 9.59 Å². The molecule has 196 valence electrons. The summed E-state index contributed by atoms with van der Waals surface area (Å²) >= 11 is 0. The van der Waals surface area contributed by atoms with Crippen molar-refractivity contribution in [1.82, 2.24) is 14.9 Å². The largest absolute Gasteiger partial charge is 0.473 e. The molecule has 0 radical (unpaired) electrons. The second-order valence-corrected chi connectivity index (χ2v) is 11.2. The monoisotopic (exact) mass is 505 g/mol. The highest BCUT2D eigenvalue weighted by molar-refractivity contribution is 6.18. The summed E-state index contributed by atoms with van der Waals surface area (Å²) < 4.78 is 17.1. The number of hydrogen-bond donors (Lipinski definition) is 1. The third-order valence-electron chi connectivity index (χ3n) is 5.85. The number of nitrogens with zero attached hydrogens (tertiary/aromatic N) is 2. The smallest absolute Gasteiger partial charge is 0.414 e. The third kappa shape index (κ3) is 5.96. The Morgan fingerprint density at radius 1 is 1.11 bits per heavy atom. The highest BCUT2D eigenvalue weighted by atomic mass is 16.6. The van der Waals surface area contributed by atoms with Gasteiger partial charge < -0.3 is 19.2 Å². The Hall–Kier alpha value is -3.81. The van der Waals surface area contributed by atoms with Gasteiger partial charge in [0.15, 0.2) is 0 Å². The summed E-state index contributed by atoms with van der Waals surface area (Å²) in [6.07, 6.45) is 0.664. The molecule has 37 heavy (non-hydrogen) atoms. The average Bonchev–Trinajstić information content (AvgIpc) is 3.13. The summed E-state index contributed by atoms with van der Waals surface area (Å²) in [7, 11) is 0. The van der Waals surface area contributed by atoms with Gasteiger partial charge in [0, 0.05) is 29.6 Å². The van der Waals surface area contributed by atoms with E-state index in [9.17, 15) is 9.59 Å². The minimum Gasteiger partial charge on any atom is -0.473 e. The molecule has 0 saturated heterocycles. The SMILES string of the molecule is CC(C)OC(=O)C1=CN(C(=O)OC(C)(C)C)CC(C)(C)c2c1[nH]c1nc(OCc3ccccc3)ccc21. The Morgan fingerprint density at radius 3 is 2.46 bits per heavy atom. The van der Waals surface area contributed by atoms with Crippen molar-refractivity contribution in [2.75, 3.05) is 6.54 Å². The molecule has 8 nitrogen and oxygen atoms in total. The number of pyridine rings is 1. The van der Waals surface area contributed by atoms with Crippen LogP contribution in [-0.4, -0.2) is 45.2 Å². The van der Waals surface area contributed by atoms with Crippen molar-refractivity contribution in [2.45, 2.75) is 72.2 Å². The standard InChI is InChI=1S/C29H35N3O5/c1-18(2)36-26(33)21-15-32(27(34)37-28(3,4)5)17-29(6,7)23-20-13-14-22(30-25(20)31-24(21)23)35-16-19-11-9-8-10-12-19/h8-15,18H,16-17H2,1-7H3,(H,30,31). The van der Waals surface area contributed by atoms with E-state index in [-0.39, 0.29) is 11.7 Å². The number of benzene rings is 1. The lowest BCUT2D eigenvalue weighted by Gasteiger charge is -2.31. The second kappa shape index (κ2) is 9.92. The topological polar surface area (TPSA) is 93.8 Å². The highest BCUT2D eigenvalue weighted by Gasteiger charge is 2.39. The predicted octanol–water partition coefficient (Wildman–Crippen LogP) is 5.96. The summed E-state index contributed by atoms with van der Waals surface area (Å²) in [4.78, 5) is 35.8. The van der Waals surface area contributed by atoms with Crippen LogP contribution < -0.4 is 4.74 Å². The molecule has 0 unspecified atom stereocenters. The first-order valence-electron chi connectivity index (χ1n) is 12.5. The predicted molar refractivity (Wildman–Crippen MR) is 142 cm³/mol. The van der Waals surface area contributed by atoms with Gasteiger partial charge in [0.25, 0.3) is 0 Å². The molecular weight excluding hydrogens is 470 g/mol. The van der Waals surface area contributed by atoms with E-state index in [1.54, 1.807) is 13.8 Å². The molecule has 0 spiro atoms. The number of amides is 1. The Kier molecular flexibility index (Phi) is 7.04. The fourth-order valence-corrected chi connectivity index (χ4v) is 4.41. The average molecular weight is 506 g/mol. The molecule has 4 rings (SSSR count). The number of aromatic amines is 1. The lowest BCUT2D eigenvalue weighted by Crippen LogP contribution is -2.40. The number of esters is 1. The van der Waals surface area contributed by atoms with E-state index >= 15 is 0 Å². The van der Waals surface area contributed by atoms with Gasteiger partial charge in [0.05, 0.1) is 17.4 Å². The Bertz CT molecular complexity index is 1330. The normalized spacial score (nSPS) is 15.1. The summed E-state index contributed by atoms with van der Waals surface area (Å²) in [5.74, 6) is -0.0640. The van der Waals surface area contributed by atoms with Crippen LogP contribution in [-0.2, 0) is 26.3 Å². The molecule has 0 fully saturated rings. The number of H-pyrrole nitrogens is 1. The quantitative estimate of drug-likeness (QED) is 0.430. The molecule has 2 aromatic heterocycles. The van der Waals surface area contributed by atoms with E-state index in [0.717, 1.165) is 16.5 Å². The molecule has 1 N–H and O–H groups in total. The van der Waals surface area contributed by atoms with Gasteiger partial charge in [-0.1, -0.05) is 44.2 Å². The van der Waals surface area contributed by atoms with E-state index in [1.165, 1.54) is 11.1 Å². The molecule has 1 amide bonds. The van der Waals surface area contributed by atoms with Crippen molar-refractivity contribution in [1.29, 1.82) is 0 Å². The number of fused-ring (bicyclic) bond motifs is 3. The second-order valence-electron chi connectivity index (χ2n) is 11.2. The lowest BCUT2D eigenvalue weighted by atomic mass is 9.82. The molecular formula is C29H35N3O5. The maximum absolute atomic E-state index is 13.3. The van der Waals surface area contributed by atoms with Gasteiger partial charge >= 0.3 is 12.1 Å². The molecule has 1 aliphatic rings. The number of ether oxygens (including phenoxy) is 3. The van der Waals surface area contributed by atoms with Gasteiger partial charge in [0.1, 0.15) is 17.9 Å². The summed E-state index contributed by atoms with van der Waals surface area (Å²) in [6, 6.07) is 13.6. The van der Waals surface area contributed by atoms with Crippen LogP contribution in [0.3, 0.4) is 0 Å². The fraction of sp³-hybridized carbons (Fsp3) is 0.414. The van der Waals surface area contributed by atoms with E-state index in [4.69, 9.17) is 14.2 Å². The Morgan fingerprint density at radius 2 is 1.81 bits per heavy atom. The summed E-state index contributed by atoms with van der Waals surface area (Å²) in [6.45, 7) is 13.7. The van der Waals surface area contributed by atoms with E-state index < -0.39 is 23.1 Å². The van der Waals surface area contributed by atoms with Crippen LogP contribution in [0.2, 0.25) is 0 Å². The third-order valence-corrected chi connectivity index (χ3v) is 5.85. The van der Waals surface area contributed by atoms with Crippen LogP contribution in [0.4, 0.5) is 4.79 Å². The van der Waals surface area contributed by atoms with Gasteiger partial charge in [0.2, 0.25) is 5.88 Å². The Labute approximate surface area is 217 Å². The van der Waals surface area contributed by atoms with Crippen molar-refractivity contribution in [3.63, 3.8) is 0 Å². The van der Waals surface area contributed by atoms with E-state index in [0.29, 0.717) is 30.4 Å². The molecule has 1 aromatic carbocycles. The Balaban J connectivity index is 1.77. The van der Waals surface area contributed by atoms with Crippen molar-refractivity contribution < 1.29 is 23.8 Å². The number of hydrogen-bond acceptors (Lipinski definition) is 6. The zero-order valence-electron chi connectivity index (χ0n) is 22.5. The van der Waals surface area contributed by atoms with Crippen LogP contribution >= 0.6 is 0 Å². The highest BCUT2D eigenvalue weighted by Crippen LogP contribution is 2.40. The maximum Gasteiger partial charge on any atom is 0.414 e. The summed E-state index contributed by atoms with van der Waals surface area (Å²) in [5, 5.41) is 0.848. The van der Waals surface area contributed by atoms with Gasteiger partial charge in [-0.2, -0.15) is 4.98 Å². The first-order valence-corrected chi connectivity index (χ1v) is 12.5. The zero-order valence-corrected chi connectivity index (χ0v) is 22.5. The number of carbonyl (C=O) groups excluding carboxylic acids is 2. The lowest BCUT2D eigenvalue weighted by molar-refractivity contribution is -0.140. The van der Waals surface area contributed by atoms with Crippen LogP contribution in [0.1, 0.15) is 65.3 Å². The molecule has 8 heteroatoms. The van der Waals surface area contributed by atoms with Gasteiger partial charge in [-0.15, -0.1) is 0 Å². The zero-order chi connectivity index (χ0) is 27.0. The fourth-order valence-electron chi connectivity index (χ4n) is 4.41. The molecule has 0 bridgehead atoms. The number of carbonyl (C=O) groups is 2. The van der Waals surface area contributed by atoms with Gasteiger partial charge in [-0.05, 0) is 51.8 Å². The first kappa shape index (κ1) is 26.3. The van der Waals surface area contributed by atoms with Crippen LogP contribution in [0.25, 0.3) is 16.6 Å². The van der Waals surface area contributed by atoms with Crippen LogP contribution in [0.5, 0.6) is 5.88 Å². The summed E-state index contributed by atoms with van der Waals surface area (Å²) in [5.41, 5.74) is 2.10. The molecule has 0 aliphatic carbocycles. The molecule has 1 aliphatic heterocycles. The van der Waals surface area contributed by atoms with Crippen molar-refractivity contribution in [3.8, 4) is 5.88 Å². The van der Waals surface area contributed by atoms with E-state index in [2.05, 4.69) is 9.97 Å². The number of aromatic nitrogens is 2.